The lowest BCUT2D eigenvalue weighted by molar-refractivity contribution is 0.169. The van der Waals surface area contributed by atoms with Gasteiger partial charge in [0, 0.05) is 11.3 Å². The van der Waals surface area contributed by atoms with Crippen LogP contribution in [-0.4, -0.2) is 4.98 Å². The molecule has 2 rings (SSSR count). The van der Waals surface area contributed by atoms with E-state index in [1.807, 2.05) is 11.3 Å². The van der Waals surface area contributed by atoms with Crippen LogP contribution in [0.1, 0.15) is 70.0 Å². The number of hydrogen-bond acceptors (Lipinski definition) is 2. The molecule has 1 aliphatic carbocycles. The molecule has 1 aliphatic rings. The predicted octanol–water partition coefficient (Wildman–Crippen LogP) is 5.03. The Balaban J connectivity index is 1.95. The molecular weight excluding hydrogens is 226 g/mol. The molecule has 0 bridgehead atoms. The van der Waals surface area contributed by atoms with Crippen molar-refractivity contribution in [3.63, 3.8) is 0 Å². The molecule has 1 aromatic heterocycles. The summed E-state index contributed by atoms with van der Waals surface area (Å²) in [7, 11) is 0. The van der Waals surface area contributed by atoms with Crippen LogP contribution in [0, 0.1) is 11.3 Å². The van der Waals surface area contributed by atoms with Crippen LogP contribution < -0.4 is 0 Å². The fourth-order valence-electron chi connectivity index (χ4n) is 2.88. The Morgan fingerprint density at radius 1 is 1.24 bits per heavy atom. The molecule has 0 unspecified atom stereocenters. The molecule has 0 aromatic carbocycles. The lowest BCUT2D eigenvalue weighted by Gasteiger charge is -2.36. The molecule has 2 heteroatoms. The van der Waals surface area contributed by atoms with Crippen molar-refractivity contribution in [2.75, 3.05) is 0 Å². The van der Waals surface area contributed by atoms with E-state index in [2.05, 4.69) is 33.1 Å². The number of aryl methyl sites for hydroxylation is 1. The van der Waals surface area contributed by atoms with Crippen molar-refractivity contribution in [2.45, 2.75) is 65.7 Å². The summed E-state index contributed by atoms with van der Waals surface area (Å²) >= 11 is 1.88. The van der Waals surface area contributed by atoms with E-state index in [4.69, 9.17) is 4.98 Å². The third-order valence-corrected chi connectivity index (χ3v) is 5.29. The number of rotatable bonds is 2. The van der Waals surface area contributed by atoms with Gasteiger partial charge in [0.05, 0.1) is 10.7 Å². The Bertz CT molecular complexity index is 353. The van der Waals surface area contributed by atoms with Gasteiger partial charge in [0.15, 0.2) is 0 Å². The zero-order valence-corrected chi connectivity index (χ0v) is 12.4. The Morgan fingerprint density at radius 3 is 2.35 bits per heavy atom. The van der Waals surface area contributed by atoms with Gasteiger partial charge in [-0.25, -0.2) is 4.98 Å². The standard InChI is InChI=1S/C15H25NS/c1-5-13-10-17-14(16-13)11-6-8-12(9-7-11)15(2,3)4/h10-12H,5-9H2,1-4H3. The first-order valence-electron chi connectivity index (χ1n) is 6.95. The number of thiazole rings is 1. The van der Waals surface area contributed by atoms with Crippen LogP contribution >= 0.6 is 11.3 Å². The number of hydrogen-bond donors (Lipinski definition) is 0. The minimum Gasteiger partial charge on any atom is -0.246 e. The topological polar surface area (TPSA) is 12.9 Å². The normalized spacial score (nSPS) is 26.1. The summed E-state index contributed by atoms with van der Waals surface area (Å²) in [5, 5.41) is 3.64. The van der Waals surface area contributed by atoms with Crippen LogP contribution in [0.25, 0.3) is 0 Å². The van der Waals surface area contributed by atoms with Gasteiger partial charge in [-0.05, 0) is 43.4 Å². The minimum atomic E-state index is 0.489. The van der Waals surface area contributed by atoms with Crippen molar-refractivity contribution in [3.8, 4) is 0 Å². The third-order valence-electron chi connectivity index (χ3n) is 4.23. The molecule has 1 nitrogen and oxygen atoms in total. The van der Waals surface area contributed by atoms with Crippen LogP contribution in [0.2, 0.25) is 0 Å². The maximum absolute atomic E-state index is 4.76. The maximum atomic E-state index is 4.76. The van der Waals surface area contributed by atoms with Gasteiger partial charge in [-0.3, -0.25) is 0 Å². The van der Waals surface area contributed by atoms with Crippen molar-refractivity contribution in [1.29, 1.82) is 0 Å². The molecular formula is C15H25NS. The summed E-state index contributed by atoms with van der Waals surface area (Å²) in [4.78, 5) is 4.76. The Morgan fingerprint density at radius 2 is 1.88 bits per heavy atom. The molecule has 0 aliphatic heterocycles. The average Bonchev–Trinajstić information content (AvgIpc) is 2.76. The Kier molecular flexibility index (Phi) is 3.92. The summed E-state index contributed by atoms with van der Waals surface area (Å²) in [6.07, 6.45) is 6.54. The summed E-state index contributed by atoms with van der Waals surface area (Å²) in [5.41, 5.74) is 1.77. The zero-order chi connectivity index (χ0) is 12.5. The highest BCUT2D eigenvalue weighted by atomic mass is 32.1. The number of aromatic nitrogens is 1. The molecule has 0 atom stereocenters. The van der Waals surface area contributed by atoms with Gasteiger partial charge < -0.3 is 0 Å². The van der Waals surface area contributed by atoms with Crippen molar-refractivity contribution in [2.24, 2.45) is 11.3 Å². The van der Waals surface area contributed by atoms with Crippen LogP contribution in [0.5, 0.6) is 0 Å². The van der Waals surface area contributed by atoms with Gasteiger partial charge in [0.1, 0.15) is 0 Å². The highest BCUT2D eigenvalue weighted by Crippen LogP contribution is 2.43. The quantitative estimate of drug-likeness (QED) is 0.718. The van der Waals surface area contributed by atoms with Crippen LogP contribution in [0.15, 0.2) is 5.38 Å². The third kappa shape index (κ3) is 3.09. The fourth-order valence-corrected chi connectivity index (χ4v) is 3.95. The predicted molar refractivity (Wildman–Crippen MR) is 75.6 cm³/mol. The molecule has 96 valence electrons. The molecule has 0 spiro atoms. The van der Waals surface area contributed by atoms with E-state index in [1.54, 1.807) is 0 Å². The second-order valence-corrected chi connectivity index (χ2v) is 7.33. The van der Waals surface area contributed by atoms with Gasteiger partial charge in [0.2, 0.25) is 0 Å². The summed E-state index contributed by atoms with van der Waals surface area (Å²) in [6.45, 7) is 9.35. The van der Waals surface area contributed by atoms with Crippen molar-refractivity contribution >= 4 is 11.3 Å². The average molecular weight is 251 g/mol. The highest BCUT2D eigenvalue weighted by Gasteiger charge is 2.31. The monoisotopic (exact) mass is 251 g/mol. The molecule has 0 N–H and O–H groups in total. The van der Waals surface area contributed by atoms with E-state index in [0.29, 0.717) is 5.41 Å². The molecule has 1 saturated carbocycles. The summed E-state index contributed by atoms with van der Waals surface area (Å²) in [6, 6.07) is 0. The van der Waals surface area contributed by atoms with E-state index in [-0.39, 0.29) is 0 Å². The number of nitrogens with zero attached hydrogens (tertiary/aromatic N) is 1. The van der Waals surface area contributed by atoms with E-state index in [1.165, 1.54) is 36.4 Å². The second kappa shape index (κ2) is 5.09. The van der Waals surface area contributed by atoms with E-state index in [9.17, 15) is 0 Å². The van der Waals surface area contributed by atoms with Crippen LogP contribution in [0.4, 0.5) is 0 Å². The first-order valence-corrected chi connectivity index (χ1v) is 7.83. The van der Waals surface area contributed by atoms with Gasteiger partial charge in [0.25, 0.3) is 0 Å². The molecule has 0 saturated heterocycles. The lowest BCUT2D eigenvalue weighted by atomic mass is 9.70. The summed E-state index contributed by atoms with van der Waals surface area (Å²) in [5.74, 6) is 1.66. The van der Waals surface area contributed by atoms with Crippen LogP contribution in [0.3, 0.4) is 0 Å². The maximum Gasteiger partial charge on any atom is 0.0959 e. The van der Waals surface area contributed by atoms with E-state index in [0.717, 1.165) is 18.3 Å². The van der Waals surface area contributed by atoms with Gasteiger partial charge in [-0.15, -0.1) is 11.3 Å². The Hall–Kier alpha value is -0.370. The minimum absolute atomic E-state index is 0.489. The molecule has 0 amide bonds. The van der Waals surface area contributed by atoms with Gasteiger partial charge in [-0.2, -0.15) is 0 Å². The van der Waals surface area contributed by atoms with Crippen LogP contribution in [-0.2, 0) is 6.42 Å². The fraction of sp³-hybridized carbons (Fsp3) is 0.800. The SMILES string of the molecule is CCc1csc(C2CCC(C(C)(C)C)CC2)n1. The molecule has 17 heavy (non-hydrogen) atoms. The van der Waals surface area contributed by atoms with Crippen molar-refractivity contribution < 1.29 is 0 Å². The lowest BCUT2D eigenvalue weighted by Crippen LogP contribution is -2.25. The smallest absolute Gasteiger partial charge is 0.0959 e. The second-order valence-electron chi connectivity index (χ2n) is 6.45. The highest BCUT2D eigenvalue weighted by molar-refractivity contribution is 7.09. The molecule has 1 aromatic rings. The van der Waals surface area contributed by atoms with Crippen molar-refractivity contribution in [3.05, 3.63) is 16.1 Å². The van der Waals surface area contributed by atoms with E-state index >= 15 is 0 Å². The van der Waals surface area contributed by atoms with E-state index < -0.39 is 0 Å². The molecule has 1 heterocycles. The summed E-state index contributed by atoms with van der Waals surface area (Å²) < 4.78 is 0. The van der Waals surface area contributed by atoms with Gasteiger partial charge in [-0.1, -0.05) is 27.7 Å². The Labute approximate surface area is 110 Å². The molecule has 1 fully saturated rings. The van der Waals surface area contributed by atoms with Crippen molar-refractivity contribution in [1.82, 2.24) is 4.98 Å². The largest absolute Gasteiger partial charge is 0.246 e. The first-order chi connectivity index (χ1) is 8.00. The first kappa shape index (κ1) is 13.1. The zero-order valence-electron chi connectivity index (χ0n) is 11.6. The molecule has 0 radical (unpaired) electrons. The van der Waals surface area contributed by atoms with Gasteiger partial charge >= 0.3 is 0 Å².